The van der Waals surface area contributed by atoms with Crippen LogP contribution in [0.15, 0.2) is 0 Å². The number of hydrogen-bond acceptors (Lipinski definition) is 2. The monoisotopic (exact) mass is 280 g/mol. The van der Waals surface area contributed by atoms with Crippen LogP contribution in [0.2, 0.25) is 0 Å². The minimum Gasteiger partial charge on any atom is -0.329 e. The first kappa shape index (κ1) is 16.8. The molecule has 1 rings (SSSR count). The molecule has 0 saturated heterocycles. The quantitative estimate of drug-likeness (QED) is 0.782. The second kappa shape index (κ2) is 6.93. The van der Waals surface area contributed by atoms with Crippen molar-refractivity contribution in [2.45, 2.75) is 64.1 Å². The van der Waals surface area contributed by atoms with Crippen molar-refractivity contribution in [3.63, 3.8) is 0 Å². The summed E-state index contributed by atoms with van der Waals surface area (Å²) in [6.45, 7) is 5.58. The van der Waals surface area contributed by atoms with Gasteiger partial charge in [-0.2, -0.15) is 13.2 Å². The Morgan fingerprint density at radius 3 is 2.11 bits per heavy atom. The molecule has 0 aromatic carbocycles. The van der Waals surface area contributed by atoms with Gasteiger partial charge in [0.15, 0.2) is 0 Å². The average Bonchev–Trinajstić information content (AvgIpc) is 2.39. The number of alkyl halides is 3. The van der Waals surface area contributed by atoms with Crippen molar-refractivity contribution in [2.24, 2.45) is 17.6 Å². The van der Waals surface area contributed by atoms with Crippen molar-refractivity contribution < 1.29 is 13.2 Å². The lowest BCUT2D eigenvalue weighted by molar-refractivity contribution is -0.185. The van der Waals surface area contributed by atoms with E-state index >= 15 is 0 Å². The molecule has 1 aliphatic carbocycles. The lowest BCUT2D eigenvalue weighted by Gasteiger charge is -2.41. The summed E-state index contributed by atoms with van der Waals surface area (Å²) in [5.74, 6) is -0.550. The molecule has 19 heavy (non-hydrogen) atoms. The summed E-state index contributed by atoms with van der Waals surface area (Å²) >= 11 is 0. The molecule has 1 saturated carbocycles. The summed E-state index contributed by atoms with van der Waals surface area (Å²) in [6, 6.07) is 0. The zero-order chi connectivity index (χ0) is 14.5. The minimum atomic E-state index is -4.05. The van der Waals surface area contributed by atoms with E-state index in [1.165, 1.54) is 0 Å². The zero-order valence-electron chi connectivity index (χ0n) is 12.0. The lowest BCUT2D eigenvalue weighted by atomic mass is 9.76. The third kappa shape index (κ3) is 4.63. The molecule has 0 unspecified atom stereocenters. The predicted octanol–water partition coefficient (Wildman–Crippen LogP) is 3.46. The van der Waals surface area contributed by atoms with E-state index in [1.807, 2.05) is 0 Å². The highest BCUT2D eigenvalue weighted by molar-refractivity contribution is 4.95. The van der Waals surface area contributed by atoms with Gasteiger partial charge in [-0.05, 0) is 38.1 Å². The summed E-state index contributed by atoms with van der Waals surface area (Å²) in [5, 5.41) is 3.47. The van der Waals surface area contributed by atoms with Crippen LogP contribution >= 0.6 is 0 Å². The maximum atomic E-state index is 12.7. The van der Waals surface area contributed by atoms with Crippen LogP contribution in [0, 0.1) is 11.8 Å². The molecule has 0 atom stereocenters. The molecule has 114 valence electrons. The standard InChI is InChI=1S/C14H27F3N2/c1-3-11(4-2)9-19-13(10-18)7-5-12(6-8-13)14(15,16)17/h11-12,19H,3-10,18H2,1-2H3. The van der Waals surface area contributed by atoms with Crippen LogP contribution in [0.25, 0.3) is 0 Å². The molecule has 1 aliphatic rings. The Labute approximate surface area is 114 Å². The number of halogens is 3. The first-order valence-corrected chi connectivity index (χ1v) is 7.38. The van der Waals surface area contributed by atoms with Gasteiger partial charge in [0, 0.05) is 12.1 Å². The van der Waals surface area contributed by atoms with Crippen LogP contribution < -0.4 is 11.1 Å². The lowest BCUT2D eigenvalue weighted by Crippen LogP contribution is -2.55. The Balaban J connectivity index is 2.51. The largest absolute Gasteiger partial charge is 0.391 e. The van der Waals surface area contributed by atoms with Crippen LogP contribution in [-0.4, -0.2) is 24.8 Å². The molecule has 0 heterocycles. The van der Waals surface area contributed by atoms with Crippen molar-refractivity contribution in [3.05, 3.63) is 0 Å². The predicted molar refractivity (Wildman–Crippen MR) is 71.9 cm³/mol. The molecule has 0 amide bonds. The highest BCUT2D eigenvalue weighted by Gasteiger charge is 2.45. The van der Waals surface area contributed by atoms with E-state index in [4.69, 9.17) is 5.73 Å². The van der Waals surface area contributed by atoms with Crippen LogP contribution in [0.1, 0.15) is 52.4 Å². The summed E-state index contributed by atoms with van der Waals surface area (Å²) < 4.78 is 38.0. The molecule has 3 N–H and O–H groups in total. The van der Waals surface area contributed by atoms with E-state index in [9.17, 15) is 13.2 Å². The summed E-state index contributed by atoms with van der Waals surface area (Å²) in [7, 11) is 0. The Morgan fingerprint density at radius 1 is 1.21 bits per heavy atom. The molecule has 0 spiro atoms. The van der Waals surface area contributed by atoms with Gasteiger partial charge in [0.25, 0.3) is 0 Å². The van der Waals surface area contributed by atoms with E-state index in [0.717, 1.165) is 19.4 Å². The Morgan fingerprint density at radius 2 is 1.74 bits per heavy atom. The first-order chi connectivity index (χ1) is 8.87. The summed E-state index contributed by atoms with van der Waals surface area (Å²) in [6.07, 6.45) is -0.379. The SMILES string of the molecule is CCC(CC)CNC1(CN)CCC(C(F)(F)F)CC1. The molecular weight excluding hydrogens is 253 g/mol. The highest BCUT2D eigenvalue weighted by atomic mass is 19.4. The number of nitrogens with one attached hydrogen (secondary N) is 1. The smallest absolute Gasteiger partial charge is 0.329 e. The van der Waals surface area contributed by atoms with Crippen molar-refractivity contribution in [1.82, 2.24) is 5.32 Å². The van der Waals surface area contributed by atoms with Crippen LogP contribution in [0.5, 0.6) is 0 Å². The highest BCUT2D eigenvalue weighted by Crippen LogP contribution is 2.40. The maximum absolute atomic E-state index is 12.7. The molecule has 0 bridgehead atoms. The Kier molecular flexibility index (Phi) is 6.12. The maximum Gasteiger partial charge on any atom is 0.391 e. The molecule has 2 nitrogen and oxygen atoms in total. The third-order valence-electron chi connectivity index (χ3n) is 4.72. The molecule has 0 aromatic rings. The molecule has 0 aromatic heterocycles. The van der Waals surface area contributed by atoms with E-state index in [0.29, 0.717) is 25.3 Å². The Bertz CT molecular complexity index is 254. The number of nitrogens with two attached hydrogens (primary N) is 1. The number of rotatable bonds is 6. The third-order valence-corrected chi connectivity index (χ3v) is 4.72. The second-order valence-electron chi connectivity index (χ2n) is 5.86. The van der Waals surface area contributed by atoms with Gasteiger partial charge in [-0.15, -0.1) is 0 Å². The summed E-state index contributed by atoms with van der Waals surface area (Å²) in [5.41, 5.74) is 5.54. The molecule has 1 fully saturated rings. The molecule has 0 aliphatic heterocycles. The number of hydrogen-bond donors (Lipinski definition) is 2. The fourth-order valence-electron chi connectivity index (χ4n) is 2.89. The average molecular weight is 280 g/mol. The fourth-order valence-corrected chi connectivity index (χ4v) is 2.89. The first-order valence-electron chi connectivity index (χ1n) is 7.38. The van der Waals surface area contributed by atoms with E-state index in [2.05, 4.69) is 19.2 Å². The van der Waals surface area contributed by atoms with Gasteiger partial charge in [-0.1, -0.05) is 26.7 Å². The van der Waals surface area contributed by atoms with Gasteiger partial charge < -0.3 is 11.1 Å². The zero-order valence-corrected chi connectivity index (χ0v) is 12.0. The molecular formula is C14H27F3N2. The van der Waals surface area contributed by atoms with Gasteiger partial charge >= 0.3 is 6.18 Å². The van der Waals surface area contributed by atoms with E-state index < -0.39 is 12.1 Å². The van der Waals surface area contributed by atoms with Gasteiger partial charge in [0.05, 0.1) is 5.92 Å². The minimum absolute atomic E-state index is 0.205. The van der Waals surface area contributed by atoms with E-state index in [-0.39, 0.29) is 18.4 Å². The Hall–Kier alpha value is -0.290. The van der Waals surface area contributed by atoms with Gasteiger partial charge in [-0.25, -0.2) is 0 Å². The molecule has 5 heteroatoms. The van der Waals surface area contributed by atoms with Crippen molar-refractivity contribution in [1.29, 1.82) is 0 Å². The van der Waals surface area contributed by atoms with Crippen molar-refractivity contribution in [2.75, 3.05) is 13.1 Å². The van der Waals surface area contributed by atoms with Crippen LogP contribution in [0.4, 0.5) is 13.2 Å². The van der Waals surface area contributed by atoms with E-state index in [1.54, 1.807) is 0 Å². The van der Waals surface area contributed by atoms with Crippen molar-refractivity contribution in [3.8, 4) is 0 Å². The second-order valence-corrected chi connectivity index (χ2v) is 5.86. The van der Waals surface area contributed by atoms with Crippen LogP contribution in [-0.2, 0) is 0 Å². The van der Waals surface area contributed by atoms with Gasteiger partial charge in [-0.3, -0.25) is 0 Å². The summed E-state index contributed by atoms with van der Waals surface area (Å²) in [4.78, 5) is 0. The van der Waals surface area contributed by atoms with Gasteiger partial charge in [0.1, 0.15) is 0 Å². The normalized spacial score (nSPS) is 28.9. The fraction of sp³-hybridized carbons (Fsp3) is 1.00. The van der Waals surface area contributed by atoms with Crippen molar-refractivity contribution >= 4 is 0 Å². The van der Waals surface area contributed by atoms with Gasteiger partial charge in [0.2, 0.25) is 0 Å². The van der Waals surface area contributed by atoms with Crippen LogP contribution in [0.3, 0.4) is 0 Å². The molecule has 0 radical (unpaired) electrons. The topological polar surface area (TPSA) is 38.0 Å².